The van der Waals surface area contributed by atoms with Crippen molar-refractivity contribution >= 4 is 22.9 Å². The molecule has 2 aliphatic rings. The zero-order valence-corrected chi connectivity index (χ0v) is 15.5. The van der Waals surface area contributed by atoms with Crippen LogP contribution in [0.15, 0.2) is 24.3 Å². The number of thiophene rings is 1. The summed E-state index contributed by atoms with van der Waals surface area (Å²) in [6.45, 7) is 4.91. The van der Waals surface area contributed by atoms with Crippen LogP contribution >= 0.6 is 22.9 Å². The third kappa shape index (κ3) is 2.76. The minimum Gasteiger partial charge on any atom is -0.508 e. The zero-order valence-electron chi connectivity index (χ0n) is 13.9. The average molecular weight is 364 g/mol. The van der Waals surface area contributed by atoms with E-state index in [1.165, 1.54) is 16.0 Å². The quantitative estimate of drug-likeness (QED) is 0.771. The summed E-state index contributed by atoms with van der Waals surface area (Å²) in [6, 6.07) is 8.54. The van der Waals surface area contributed by atoms with Crippen molar-refractivity contribution in [2.45, 2.75) is 50.8 Å². The van der Waals surface area contributed by atoms with E-state index in [-0.39, 0.29) is 11.6 Å². The maximum Gasteiger partial charge on any atom is 0.118 e. The summed E-state index contributed by atoms with van der Waals surface area (Å²) < 4.78 is 7.24. The molecular weight excluding hydrogens is 342 g/mol. The van der Waals surface area contributed by atoms with Gasteiger partial charge in [0.1, 0.15) is 11.4 Å². The van der Waals surface area contributed by atoms with Gasteiger partial charge in [-0.15, -0.1) is 11.3 Å². The molecule has 2 N–H and O–H groups in total. The number of benzene rings is 1. The number of hydrogen-bond donors (Lipinski definition) is 2. The lowest BCUT2D eigenvalue weighted by atomic mass is 9.78. The summed E-state index contributed by atoms with van der Waals surface area (Å²) >= 11 is 7.97. The van der Waals surface area contributed by atoms with Gasteiger partial charge in [-0.25, -0.2) is 0 Å². The van der Waals surface area contributed by atoms with Gasteiger partial charge in [-0.3, -0.25) is 0 Å². The van der Waals surface area contributed by atoms with Crippen LogP contribution in [0.4, 0.5) is 0 Å². The number of nitrogens with one attached hydrogen (secondary N) is 1. The van der Waals surface area contributed by atoms with E-state index in [1.807, 2.05) is 13.0 Å². The number of piperidine rings is 1. The molecule has 3 nitrogen and oxygen atoms in total. The van der Waals surface area contributed by atoms with Crippen LogP contribution < -0.4 is 5.32 Å². The van der Waals surface area contributed by atoms with Crippen LogP contribution in [-0.2, 0) is 16.8 Å². The topological polar surface area (TPSA) is 41.5 Å². The number of fused-ring (bicyclic) bond motifs is 2. The number of aryl methyl sites for hydroxylation is 1. The first-order chi connectivity index (χ1) is 11.5. The van der Waals surface area contributed by atoms with E-state index in [0.29, 0.717) is 11.8 Å². The Morgan fingerprint density at radius 3 is 2.96 bits per heavy atom. The van der Waals surface area contributed by atoms with E-state index in [4.69, 9.17) is 16.3 Å². The van der Waals surface area contributed by atoms with Gasteiger partial charge < -0.3 is 15.2 Å². The fourth-order valence-corrected chi connectivity index (χ4v) is 5.63. The molecule has 3 atom stereocenters. The first-order valence-electron chi connectivity index (χ1n) is 8.45. The number of phenols is 1. The number of rotatable bonds is 1. The second-order valence-electron chi connectivity index (χ2n) is 7.07. The van der Waals surface area contributed by atoms with E-state index >= 15 is 0 Å². The average Bonchev–Trinajstić information content (AvgIpc) is 2.92. The third-order valence-electron chi connectivity index (χ3n) is 5.22. The van der Waals surface area contributed by atoms with Crippen molar-refractivity contribution < 1.29 is 9.84 Å². The molecule has 1 fully saturated rings. The van der Waals surface area contributed by atoms with Crippen LogP contribution in [0.1, 0.15) is 47.4 Å². The molecule has 24 heavy (non-hydrogen) atoms. The predicted octanol–water partition coefficient (Wildman–Crippen LogP) is 4.70. The summed E-state index contributed by atoms with van der Waals surface area (Å²) in [5, 5.41) is 13.5. The maximum atomic E-state index is 9.81. The fourth-order valence-electron chi connectivity index (χ4n) is 4.17. The lowest BCUT2D eigenvalue weighted by Gasteiger charge is -2.46. The van der Waals surface area contributed by atoms with Crippen LogP contribution in [0.2, 0.25) is 4.34 Å². The van der Waals surface area contributed by atoms with Gasteiger partial charge in [0.05, 0.1) is 10.9 Å². The van der Waals surface area contributed by atoms with Gasteiger partial charge in [0.2, 0.25) is 0 Å². The van der Waals surface area contributed by atoms with Gasteiger partial charge in [0.25, 0.3) is 0 Å². The Labute approximate surface area is 151 Å². The Kier molecular flexibility index (Phi) is 4.12. The van der Waals surface area contributed by atoms with Crippen molar-refractivity contribution in [3.63, 3.8) is 0 Å². The summed E-state index contributed by atoms with van der Waals surface area (Å²) in [4.78, 5) is 1.31. The van der Waals surface area contributed by atoms with Gasteiger partial charge in [-0.05, 0) is 55.5 Å². The summed E-state index contributed by atoms with van der Waals surface area (Å²) in [5.74, 6) is 0.346. The number of halogens is 1. The van der Waals surface area contributed by atoms with Crippen molar-refractivity contribution in [1.29, 1.82) is 0 Å². The van der Waals surface area contributed by atoms with Gasteiger partial charge in [-0.2, -0.15) is 0 Å². The largest absolute Gasteiger partial charge is 0.508 e. The lowest BCUT2D eigenvalue weighted by Crippen LogP contribution is -2.49. The molecule has 3 heterocycles. The second-order valence-corrected chi connectivity index (χ2v) is 8.76. The number of phenolic OH excluding ortho intramolecular Hbond substituents is 1. The SMILES string of the molecule is Cc1cc(C2CC3(CC(C)N2)OCCc2cc(Cl)sc23)ccc1O. The molecule has 0 saturated carbocycles. The molecule has 2 aliphatic heterocycles. The summed E-state index contributed by atoms with van der Waals surface area (Å²) in [6.07, 6.45) is 2.81. The molecule has 4 rings (SSSR count). The second kappa shape index (κ2) is 6.03. The van der Waals surface area contributed by atoms with Gasteiger partial charge in [0.15, 0.2) is 0 Å². The Hall–Kier alpha value is -1.07. The predicted molar refractivity (Wildman–Crippen MR) is 98.1 cm³/mol. The molecule has 0 aliphatic carbocycles. The van der Waals surface area contributed by atoms with Crippen LogP contribution in [0.5, 0.6) is 5.75 Å². The molecule has 0 amide bonds. The molecule has 128 valence electrons. The van der Waals surface area contributed by atoms with E-state index < -0.39 is 0 Å². The molecule has 5 heteroatoms. The molecule has 0 bridgehead atoms. The number of ether oxygens (including phenoxy) is 1. The number of aromatic hydroxyl groups is 1. The molecule has 1 aromatic heterocycles. The molecule has 1 aromatic carbocycles. The zero-order chi connectivity index (χ0) is 16.9. The third-order valence-corrected chi connectivity index (χ3v) is 6.71. The smallest absolute Gasteiger partial charge is 0.118 e. The highest BCUT2D eigenvalue weighted by Gasteiger charge is 2.46. The van der Waals surface area contributed by atoms with Crippen LogP contribution in [-0.4, -0.2) is 17.8 Å². The highest BCUT2D eigenvalue weighted by Crippen LogP contribution is 2.50. The number of hydrogen-bond acceptors (Lipinski definition) is 4. The van der Waals surface area contributed by atoms with Crippen LogP contribution in [0.25, 0.3) is 0 Å². The Balaban J connectivity index is 1.72. The van der Waals surface area contributed by atoms with Gasteiger partial charge >= 0.3 is 0 Å². The van der Waals surface area contributed by atoms with Crippen molar-refractivity contribution in [2.24, 2.45) is 0 Å². The monoisotopic (exact) mass is 363 g/mol. The first-order valence-corrected chi connectivity index (χ1v) is 9.64. The molecule has 2 aromatic rings. The first kappa shape index (κ1) is 16.4. The molecule has 1 saturated heterocycles. The van der Waals surface area contributed by atoms with Gasteiger partial charge in [-0.1, -0.05) is 23.7 Å². The van der Waals surface area contributed by atoms with Crippen molar-refractivity contribution in [3.8, 4) is 5.75 Å². The van der Waals surface area contributed by atoms with E-state index in [1.54, 1.807) is 17.4 Å². The van der Waals surface area contributed by atoms with E-state index in [9.17, 15) is 5.11 Å². The Morgan fingerprint density at radius 2 is 2.17 bits per heavy atom. The normalized spacial score (nSPS) is 29.6. The molecular formula is C19H22ClNO2S. The highest BCUT2D eigenvalue weighted by atomic mass is 35.5. The highest BCUT2D eigenvalue weighted by molar-refractivity contribution is 7.16. The fraction of sp³-hybridized carbons (Fsp3) is 0.474. The van der Waals surface area contributed by atoms with Crippen LogP contribution in [0, 0.1) is 6.92 Å². The Morgan fingerprint density at radius 1 is 1.33 bits per heavy atom. The van der Waals surface area contributed by atoms with E-state index in [0.717, 1.165) is 35.8 Å². The molecule has 0 radical (unpaired) electrons. The minimum absolute atomic E-state index is 0.208. The van der Waals surface area contributed by atoms with E-state index in [2.05, 4.69) is 24.4 Å². The lowest BCUT2D eigenvalue weighted by molar-refractivity contribution is -0.0954. The van der Waals surface area contributed by atoms with Gasteiger partial charge in [0, 0.05) is 23.4 Å². The molecule has 1 spiro atoms. The minimum atomic E-state index is -0.244. The standard InChI is InChI=1S/C19H22ClNO2S/c1-11-7-13(3-4-16(11)22)15-10-19(9-12(2)21-15)18-14(5-6-23-19)8-17(20)24-18/h3-4,7-8,12,15,21-22H,5-6,9-10H2,1-2H3. The summed E-state index contributed by atoms with van der Waals surface area (Å²) in [5.41, 5.74) is 3.22. The van der Waals surface area contributed by atoms with Crippen LogP contribution in [0.3, 0.4) is 0 Å². The van der Waals surface area contributed by atoms with Crippen molar-refractivity contribution in [2.75, 3.05) is 6.61 Å². The maximum absolute atomic E-state index is 9.81. The summed E-state index contributed by atoms with van der Waals surface area (Å²) in [7, 11) is 0. The van der Waals surface area contributed by atoms with Crippen molar-refractivity contribution in [1.82, 2.24) is 5.32 Å². The Bertz CT molecular complexity index is 775. The van der Waals surface area contributed by atoms with Crippen molar-refractivity contribution in [3.05, 3.63) is 50.2 Å². The molecule has 3 unspecified atom stereocenters.